The van der Waals surface area contributed by atoms with E-state index in [2.05, 4.69) is 10.3 Å². The van der Waals surface area contributed by atoms with E-state index in [1.54, 1.807) is 0 Å². The number of carboxylic acids is 1. The molecule has 0 radical (unpaired) electrons. The summed E-state index contributed by atoms with van der Waals surface area (Å²) in [6.07, 6.45) is 4.86. The van der Waals surface area contributed by atoms with Crippen molar-refractivity contribution in [3.8, 4) is 6.07 Å². The molecule has 0 unspecified atom stereocenters. The molecule has 6 nitrogen and oxygen atoms in total. The Labute approximate surface area is 111 Å². The molecular formula is C13H15N3O3. The third-order valence-corrected chi connectivity index (χ3v) is 2.58. The van der Waals surface area contributed by atoms with E-state index in [1.807, 2.05) is 6.07 Å². The molecule has 6 heteroatoms. The minimum atomic E-state index is -1.07. The number of pyridine rings is 1. The minimum absolute atomic E-state index is 0.313. The second-order valence-corrected chi connectivity index (χ2v) is 4.00. The van der Waals surface area contributed by atoms with Crippen LogP contribution in [0, 0.1) is 11.3 Å². The van der Waals surface area contributed by atoms with Gasteiger partial charge in [-0.05, 0) is 31.4 Å². The summed E-state index contributed by atoms with van der Waals surface area (Å²) < 4.78 is 0. The number of carboxylic acid groups (broad SMARTS) is 1. The molecule has 0 saturated carbocycles. The largest absolute Gasteiger partial charge is 0.480 e. The lowest BCUT2D eigenvalue weighted by Gasteiger charge is -2.14. The van der Waals surface area contributed by atoms with E-state index in [0.29, 0.717) is 31.2 Å². The first kappa shape index (κ1) is 14.6. The van der Waals surface area contributed by atoms with Crippen LogP contribution in [0.25, 0.3) is 0 Å². The first-order chi connectivity index (χ1) is 9.15. The highest BCUT2D eigenvalue weighted by atomic mass is 16.4. The summed E-state index contributed by atoms with van der Waals surface area (Å²) in [7, 11) is 0. The molecule has 1 heterocycles. The van der Waals surface area contributed by atoms with E-state index in [9.17, 15) is 9.59 Å². The number of aliphatic carboxylic acids is 1. The van der Waals surface area contributed by atoms with E-state index in [-0.39, 0.29) is 0 Å². The van der Waals surface area contributed by atoms with E-state index >= 15 is 0 Å². The molecule has 2 N–H and O–H groups in total. The van der Waals surface area contributed by atoms with Crippen molar-refractivity contribution >= 4 is 11.9 Å². The molecule has 1 atom stereocenters. The van der Waals surface area contributed by atoms with Crippen molar-refractivity contribution in [2.24, 2.45) is 0 Å². The molecule has 0 aliphatic rings. The highest BCUT2D eigenvalue weighted by Gasteiger charge is 2.19. The van der Waals surface area contributed by atoms with Crippen LogP contribution in [0.1, 0.15) is 36.0 Å². The maximum Gasteiger partial charge on any atom is 0.326 e. The van der Waals surface area contributed by atoms with Crippen molar-refractivity contribution in [1.29, 1.82) is 5.26 Å². The summed E-state index contributed by atoms with van der Waals surface area (Å²) in [5, 5.41) is 19.9. The Balaban J connectivity index is 2.52. The molecular weight excluding hydrogens is 246 g/mol. The number of amides is 1. The van der Waals surface area contributed by atoms with Gasteiger partial charge in [-0.3, -0.25) is 9.78 Å². The van der Waals surface area contributed by atoms with Gasteiger partial charge in [-0.2, -0.15) is 5.26 Å². The predicted octanol–water partition coefficient (Wildman–Crippen LogP) is 1.35. The molecule has 0 spiro atoms. The van der Waals surface area contributed by atoms with Gasteiger partial charge in [0.25, 0.3) is 5.91 Å². The second-order valence-electron chi connectivity index (χ2n) is 4.00. The van der Waals surface area contributed by atoms with Gasteiger partial charge in [0.15, 0.2) is 0 Å². The summed E-state index contributed by atoms with van der Waals surface area (Å²) >= 11 is 0. The minimum Gasteiger partial charge on any atom is -0.480 e. The van der Waals surface area contributed by atoms with Crippen molar-refractivity contribution < 1.29 is 14.7 Å². The maximum absolute atomic E-state index is 11.8. The summed E-state index contributed by atoms with van der Waals surface area (Å²) in [5.74, 6) is -1.51. The number of carbonyl (C=O) groups is 2. The van der Waals surface area contributed by atoms with Crippen molar-refractivity contribution in [1.82, 2.24) is 10.3 Å². The van der Waals surface area contributed by atoms with Crippen LogP contribution in [0.15, 0.2) is 24.5 Å². The van der Waals surface area contributed by atoms with E-state index in [4.69, 9.17) is 10.4 Å². The zero-order chi connectivity index (χ0) is 14.1. The number of unbranched alkanes of at least 4 members (excludes halogenated alkanes) is 2. The van der Waals surface area contributed by atoms with Crippen LogP contribution in [0.3, 0.4) is 0 Å². The second kappa shape index (κ2) is 7.82. The van der Waals surface area contributed by atoms with Gasteiger partial charge in [-0.15, -0.1) is 0 Å². The van der Waals surface area contributed by atoms with Crippen molar-refractivity contribution in [3.05, 3.63) is 30.1 Å². The highest BCUT2D eigenvalue weighted by Crippen LogP contribution is 2.05. The van der Waals surface area contributed by atoms with Crippen LogP contribution in [-0.2, 0) is 4.79 Å². The van der Waals surface area contributed by atoms with Gasteiger partial charge in [0.1, 0.15) is 6.04 Å². The zero-order valence-electron chi connectivity index (χ0n) is 10.4. The van der Waals surface area contributed by atoms with Crippen LogP contribution in [0.5, 0.6) is 0 Å². The van der Waals surface area contributed by atoms with Crippen LogP contribution >= 0.6 is 0 Å². The molecule has 0 fully saturated rings. The van der Waals surface area contributed by atoms with Gasteiger partial charge in [-0.25, -0.2) is 4.79 Å². The molecule has 1 aromatic heterocycles. The number of nitrogens with one attached hydrogen (secondary N) is 1. The number of hydrogen-bond acceptors (Lipinski definition) is 4. The molecule has 100 valence electrons. The summed E-state index contributed by atoms with van der Waals surface area (Å²) in [4.78, 5) is 26.6. The Bertz CT molecular complexity index is 468. The number of hydrogen-bond donors (Lipinski definition) is 2. The Hall–Kier alpha value is -2.42. The smallest absolute Gasteiger partial charge is 0.326 e. The lowest BCUT2D eigenvalue weighted by atomic mass is 10.1. The summed E-state index contributed by atoms with van der Waals surface area (Å²) in [6.45, 7) is 0. The fourth-order valence-corrected chi connectivity index (χ4v) is 1.55. The lowest BCUT2D eigenvalue weighted by molar-refractivity contribution is -0.139. The molecule has 0 aliphatic heterocycles. The van der Waals surface area contributed by atoms with Crippen LogP contribution in [-0.4, -0.2) is 28.0 Å². The van der Waals surface area contributed by atoms with Gasteiger partial charge in [0.2, 0.25) is 0 Å². The lowest BCUT2D eigenvalue weighted by Crippen LogP contribution is -2.40. The molecule has 1 amide bonds. The fourth-order valence-electron chi connectivity index (χ4n) is 1.55. The van der Waals surface area contributed by atoms with Crippen LogP contribution < -0.4 is 5.32 Å². The van der Waals surface area contributed by atoms with Gasteiger partial charge in [0.05, 0.1) is 6.07 Å². The first-order valence-electron chi connectivity index (χ1n) is 5.96. The molecule has 0 bridgehead atoms. The van der Waals surface area contributed by atoms with E-state index < -0.39 is 17.9 Å². The number of carbonyl (C=O) groups excluding carboxylic acids is 1. The van der Waals surface area contributed by atoms with Gasteiger partial charge >= 0.3 is 5.97 Å². The summed E-state index contributed by atoms with van der Waals surface area (Å²) in [5.41, 5.74) is 0.373. The SMILES string of the molecule is N#CCCCC[C@@H](NC(=O)c1ccncc1)C(=O)O. The predicted molar refractivity (Wildman–Crippen MR) is 67.2 cm³/mol. The maximum atomic E-state index is 11.8. The van der Waals surface area contributed by atoms with Crippen molar-refractivity contribution in [3.63, 3.8) is 0 Å². The monoisotopic (exact) mass is 261 g/mol. The third-order valence-electron chi connectivity index (χ3n) is 2.58. The Morgan fingerprint density at radius 3 is 2.63 bits per heavy atom. The highest BCUT2D eigenvalue weighted by molar-refractivity contribution is 5.96. The van der Waals surface area contributed by atoms with E-state index in [0.717, 1.165) is 0 Å². The third kappa shape index (κ3) is 5.17. The van der Waals surface area contributed by atoms with Gasteiger partial charge < -0.3 is 10.4 Å². The number of nitrogens with zero attached hydrogens (tertiary/aromatic N) is 2. The van der Waals surface area contributed by atoms with Gasteiger partial charge in [0, 0.05) is 24.4 Å². The molecule has 1 rings (SSSR count). The van der Waals surface area contributed by atoms with E-state index in [1.165, 1.54) is 24.5 Å². The number of rotatable bonds is 7. The summed E-state index contributed by atoms with van der Waals surface area (Å²) in [6, 6.07) is 4.10. The quantitative estimate of drug-likeness (QED) is 0.721. The average Bonchev–Trinajstić information content (AvgIpc) is 2.42. The standard InChI is InChI=1S/C13H15N3O3/c14-7-3-1-2-4-11(13(18)19)16-12(17)10-5-8-15-9-6-10/h5-6,8-9,11H,1-4H2,(H,16,17)(H,18,19)/t11-/m1/s1. The Morgan fingerprint density at radius 2 is 2.05 bits per heavy atom. The van der Waals surface area contributed by atoms with Crippen LogP contribution in [0.4, 0.5) is 0 Å². The molecule has 0 aromatic carbocycles. The Kier molecular flexibility index (Phi) is 6.03. The average molecular weight is 261 g/mol. The molecule has 19 heavy (non-hydrogen) atoms. The molecule has 1 aromatic rings. The fraction of sp³-hybridized carbons (Fsp3) is 0.385. The van der Waals surface area contributed by atoms with Crippen molar-refractivity contribution in [2.75, 3.05) is 0 Å². The van der Waals surface area contributed by atoms with Crippen LogP contribution in [0.2, 0.25) is 0 Å². The molecule has 0 saturated heterocycles. The van der Waals surface area contributed by atoms with Gasteiger partial charge in [-0.1, -0.05) is 0 Å². The molecule has 0 aliphatic carbocycles. The zero-order valence-corrected chi connectivity index (χ0v) is 10.4. The van der Waals surface area contributed by atoms with Crippen molar-refractivity contribution in [2.45, 2.75) is 31.7 Å². The first-order valence-corrected chi connectivity index (χ1v) is 5.96. The Morgan fingerprint density at radius 1 is 1.37 bits per heavy atom. The normalized spacial score (nSPS) is 11.3. The topological polar surface area (TPSA) is 103 Å². The number of nitriles is 1. The number of aromatic nitrogens is 1.